The smallest absolute Gasteiger partial charge is 0.348 e. The number of pyridine rings is 1. The number of fused-ring (bicyclic) bond motifs is 1. The van der Waals surface area contributed by atoms with Crippen LogP contribution in [0.25, 0.3) is 11.7 Å². The third kappa shape index (κ3) is 4.10. The molecule has 0 radical (unpaired) electrons. The predicted molar refractivity (Wildman–Crippen MR) is 106 cm³/mol. The molecule has 0 unspecified atom stereocenters. The lowest BCUT2D eigenvalue weighted by atomic mass is 10.2. The van der Waals surface area contributed by atoms with Gasteiger partial charge in [0, 0.05) is 10.7 Å². The molecular formula is C20H14BrN3O4. The lowest BCUT2D eigenvalue weighted by Crippen LogP contribution is -2.19. The Bertz CT molecular complexity index is 1160. The molecule has 0 spiro atoms. The van der Waals surface area contributed by atoms with Gasteiger partial charge in [-0.1, -0.05) is 22.0 Å². The summed E-state index contributed by atoms with van der Waals surface area (Å²) in [5.74, 6) is -0.396. The standard InChI is InChI=1S/C20H14BrN3O4/c1-2-27-20(26)13(12-22)11-16-18(28-15-8-6-14(21)7-9-15)23-17-5-3-4-10-24(17)19(16)25/h3-11H,2H2,1H3. The first-order valence-corrected chi connectivity index (χ1v) is 9.06. The maximum absolute atomic E-state index is 13.0. The fraction of sp³-hybridized carbons (Fsp3) is 0.100. The third-order valence-electron chi connectivity index (χ3n) is 3.67. The summed E-state index contributed by atoms with van der Waals surface area (Å²) in [6.07, 6.45) is 2.68. The van der Waals surface area contributed by atoms with Crippen LogP contribution in [0.1, 0.15) is 12.5 Å². The zero-order valence-corrected chi connectivity index (χ0v) is 16.3. The molecule has 0 atom stereocenters. The first-order valence-electron chi connectivity index (χ1n) is 8.27. The molecule has 0 saturated heterocycles. The average Bonchev–Trinajstić information content (AvgIpc) is 2.70. The van der Waals surface area contributed by atoms with E-state index in [2.05, 4.69) is 20.9 Å². The van der Waals surface area contributed by atoms with Gasteiger partial charge in [-0.3, -0.25) is 9.20 Å². The number of benzene rings is 1. The van der Waals surface area contributed by atoms with Crippen LogP contribution in [-0.2, 0) is 9.53 Å². The first kappa shape index (κ1) is 19.3. The molecule has 0 aliphatic heterocycles. The molecule has 0 aliphatic rings. The van der Waals surface area contributed by atoms with Crippen molar-refractivity contribution >= 4 is 33.6 Å². The van der Waals surface area contributed by atoms with Gasteiger partial charge in [0.2, 0.25) is 5.88 Å². The number of hydrogen-bond donors (Lipinski definition) is 0. The average molecular weight is 440 g/mol. The Morgan fingerprint density at radius 2 is 2.04 bits per heavy atom. The summed E-state index contributed by atoms with van der Waals surface area (Å²) in [7, 11) is 0. The van der Waals surface area contributed by atoms with E-state index in [1.54, 1.807) is 61.7 Å². The molecule has 0 amide bonds. The molecule has 1 aromatic carbocycles. The van der Waals surface area contributed by atoms with Crippen molar-refractivity contribution in [1.29, 1.82) is 5.26 Å². The predicted octanol–water partition coefficient (Wildman–Crippen LogP) is 3.72. The van der Waals surface area contributed by atoms with Gasteiger partial charge in [0.05, 0.1) is 6.61 Å². The van der Waals surface area contributed by atoms with Crippen LogP contribution in [0.4, 0.5) is 0 Å². The Labute approximate surface area is 168 Å². The summed E-state index contributed by atoms with van der Waals surface area (Å²) in [4.78, 5) is 29.3. The van der Waals surface area contributed by atoms with Gasteiger partial charge in [0.1, 0.15) is 28.6 Å². The third-order valence-corrected chi connectivity index (χ3v) is 4.20. The fourth-order valence-corrected chi connectivity index (χ4v) is 2.65. The highest BCUT2D eigenvalue weighted by atomic mass is 79.9. The molecular weight excluding hydrogens is 426 g/mol. The van der Waals surface area contributed by atoms with E-state index in [4.69, 9.17) is 9.47 Å². The first-order chi connectivity index (χ1) is 13.5. The highest BCUT2D eigenvalue weighted by molar-refractivity contribution is 9.10. The van der Waals surface area contributed by atoms with Crippen molar-refractivity contribution in [3.63, 3.8) is 0 Å². The van der Waals surface area contributed by atoms with Crippen LogP contribution in [0.3, 0.4) is 0 Å². The summed E-state index contributed by atoms with van der Waals surface area (Å²) >= 11 is 3.34. The number of nitrogens with zero attached hydrogens (tertiary/aromatic N) is 3. The molecule has 3 rings (SSSR count). The van der Waals surface area contributed by atoms with Crippen molar-refractivity contribution in [2.24, 2.45) is 0 Å². The van der Waals surface area contributed by atoms with E-state index in [1.807, 2.05) is 0 Å². The van der Waals surface area contributed by atoms with Crippen molar-refractivity contribution in [1.82, 2.24) is 9.38 Å². The number of carbonyl (C=O) groups is 1. The minimum Gasteiger partial charge on any atom is -0.462 e. The second kappa shape index (κ2) is 8.50. The van der Waals surface area contributed by atoms with E-state index >= 15 is 0 Å². The molecule has 8 heteroatoms. The molecule has 28 heavy (non-hydrogen) atoms. The summed E-state index contributed by atoms with van der Waals surface area (Å²) in [6.45, 7) is 1.73. The van der Waals surface area contributed by atoms with E-state index in [0.717, 1.165) is 10.5 Å². The van der Waals surface area contributed by atoms with E-state index in [9.17, 15) is 14.9 Å². The van der Waals surface area contributed by atoms with E-state index in [1.165, 1.54) is 4.40 Å². The van der Waals surface area contributed by atoms with Crippen molar-refractivity contribution in [2.75, 3.05) is 6.61 Å². The second-order valence-electron chi connectivity index (χ2n) is 5.51. The van der Waals surface area contributed by atoms with Crippen LogP contribution in [0, 0.1) is 11.3 Å². The van der Waals surface area contributed by atoms with E-state index < -0.39 is 11.5 Å². The number of nitriles is 1. The minimum atomic E-state index is -0.822. The maximum Gasteiger partial charge on any atom is 0.348 e. The van der Waals surface area contributed by atoms with Gasteiger partial charge in [-0.2, -0.15) is 10.2 Å². The van der Waals surface area contributed by atoms with Crippen LogP contribution in [-0.4, -0.2) is 22.0 Å². The topological polar surface area (TPSA) is 93.7 Å². The van der Waals surface area contributed by atoms with Crippen LogP contribution in [0.5, 0.6) is 11.6 Å². The van der Waals surface area contributed by atoms with Crippen molar-refractivity contribution in [2.45, 2.75) is 6.92 Å². The number of esters is 1. The van der Waals surface area contributed by atoms with Crippen LogP contribution in [0.2, 0.25) is 0 Å². The lowest BCUT2D eigenvalue weighted by Gasteiger charge is -2.10. The van der Waals surface area contributed by atoms with Gasteiger partial charge >= 0.3 is 5.97 Å². The number of aromatic nitrogens is 2. The summed E-state index contributed by atoms with van der Waals surface area (Å²) < 4.78 is 12.8. The van der Waals surface area contributed by atoms with Gasteiger partial charge < -0.3 is 9.47 Å². The molecule has 0 saturated carbocycles. The Hall–Kier alpha value is -3.44. The Kier molecular flexibility index (Phi) is 5.87. The Balaban J connectivity index is 2.19. The largest absolute Gasteiger partial charge is 0.462 e. The SMILES string of the molecule is CCOC(=O)C(C#N)=Cc1c(Oc2ccc(Br)cc2)nc2ccccn2c1=O. The number of carbonyl (C=O) groups excluding carboxylic acids is 1. The number of ether oxygens (including phenoxy) is 2. The monoisotopic (exact) mass is 439 g/mol. The number of hydrogen-bond acceptors (Lipinski definition) is 6. The highest BCUT2D eigenvalue weighted by Gasteiger charge is 2.17. The maximum atomic E-state index is 13.0. The van der Waals surface area contributed by atoms with E-state index in [-0.39, 0.29) is 23.6 Å². The molecule has 3 aromatic rings. The number of rotatable bonds is 5. The minimum absolute atomic E-state index is 0.0180. The normalized spacial score (nSPS) is 11.1. The Morgan fingerprint density at radius 3 is 2.71 bits per heavy atom. The molecule has 0 N–H and O–H groups in total. The molecule has 7 nitrogen and oxygen atoms in total. The zero-order chi connectivity index (χ0) is 20.1. The van der Waals surface area contributed by atoms with Gasteiger partial charge in [-0.05, 0) is 49.4 Å². The van der Waals surface area contributed by atoms with E-state index in [0.29, 0.717) is 11.4 Å². The number of halogens is 1. The molecule has 0 aliphatic carbocycles. The summed E-state index contributed by atoms with van der Waals surface area (Å²) in [5, 5.41) is 9.31. The van der Waals surface area contributed by atoms with Crippen LogP contribution >= 0.6 is 15.9 Å². The van der Waals surface area contributed by atoms with Crippen molar-refractivity contribution in [3.8, 4) is 17.7 Å². The van der Waals surface area contributed by atoms with Crippen LogP contribution in [0.15, 0.2) is 63.5 Å². The fourth-order valence-electron chi connectivity index (χ4n) is 2.39. The highest BCUT2D eigenvalue weighted by Crippen LogP contribution is 2.25. The molecule has 2 heterocycles. The zero-order valence-electron chi connectivity index (χ0n) is 14.8. The molecule has 2 aromatic heterocycles. The van der Waals surface area contributed by atoms with Gasteiger partial charge in [-0.15, -0.1) is 0 Å². The van der Waals surface area contributed by atoms with Gasteiger partial charge in [-0.25, -0.2) is 4.79 Å². The molecule has 0 bridgehead atoms. The van der Waals surface area contributed by atoms with Gasteiger partial charge in [0.25, 0.3) is 5.56 Å². The Morgan fingerprint density at radius 1 is 1.29 bits per heavy atom. The van der Waals surface area contributed by atoms with Crippen molar-refractivity contribution in [3.05, 3.63) is 74.6 Å². The van der Waals surface area contributed by atoms with Crippen LogP contribution < -0.4 is 10.3 Å². The molecule has 140 valence electrons. The summed E-state index contributed by atoms with van der Waals surface area (Å²) in [5.41, 5.74) is -0.463. The quantitative estimate of drug-likeness (QED) is 0.341. The summed E-state index contributed by atoms with van der Waals surface area (Å²) in [6, 6.07) is 13.8. The second-order valence-corrected chi connectivity index (χ2v) is 6.43. The molecule has 0 fully saturated rings. The van der Waals surface area contributed by atoms with Crippen molar-refractivity contribution < 1.29 is 14.3 Å². The van der Waals surface area contributed by atoms with Gasteiger partial charge in [0.15, 0.2) is 0 Å². The lowest BCUT2D eigenvalue weighted by molar-refractivity contribution is -0.137.